The molecule has 1 amide bonds. The summed E-state index contributed by atoms with van der Waals surface area (Å²) in [5, 5.41) is 9.35. The average molecular weight is 468 g/mol. The van der Waals surface area contributed by atoms with Crippen molar-refractivity contribution in [1.82, 2.24) is 16.0 Å². The number of aliphatic imine (C=N–C) groups is 1. The number of hydrogen-bond donors (Lipinski definition) is 3. The van der Waals surface area contributed by atoms with Crippen molar-refractivity contribution in [2.45, 2.75) is 65.4 Å². The molecule has 0 unspecified atom stereocenters. The lowest BCUT2D eigenvalue weighted by molar-refractivity contribution is -0.123. The fraction of sp³-hybridized carbons (Fsp3) is 0.889. The summed E-state index contributed by atoms with van der Waals surface area (Å²) in [4.78, 5) is 16.0. The molecule has 0 saturated heterocycles. The molecule has 25 heavy (non-hydrogen) atoms. The summed E-state index contributed by atoms with van der Waals surface area (Å²) in [5.41, 5.74) is 0. The highest BCUT2D eigenvalue weighted by Crippen LogP contribution is 2.20. The number of nitrogens with one attached hydrogen (secondary N) is 3. The van der Waals surface area contributed by atoms with Gasteiger partial charge in [0, 0.05) is 38.7 Å². The van der Waals surface area contributed by atoms with Gasteiger partial charge in [-0.3, -0.25) is 9.79 Å². The molecule has 0 aliphatic heterocycles. The van der Waals surface area contributed by atoms with Gasteiger partial charge in [0.25, 0.3) is 0 Å². The number of halogens is 1. The van der Waals surface area contributed by atoms with Crippen LogP contribution in [-0.4, -0.2) is 50.8 Å². The van der Waals surface area contributed by atoms with E-state index in [0.29, 0.717) is 19.2 Å². The Morgan fingerprint density at radius 2 is 1.80 bits per heavy atom. The highest BCUT2D eigenvalue weighted by atomic mass is 127. The number of rotatable bonds is 10. The lowest BCUT2D eigenvalue weighted by Gasteiger charge is -2.21. The van der Waals surface area contributed by atoms with Gasteiger partial charge in [-0.2, -0.15) is 0 Å². The molecular formula is C18H37IN4O2. The summed E-state index contributed by atoms with van der Waals surface area (Å²) in [5.74, 6) is 0.906. The number of nitrogens with zero attached hydrogens (tertiary/aromatic N) is 1. The molecule has 1 rings (SSSR count). The second kappa shape index (κ2) is 15.7. The molecule has 148 valence electrons. The molecule has 3 N–H and O–H groups in total. The van der Waals surface area contributed by atoms with Crippen LogP contribution in [0.3, 0.4) is 0 Å². The molecule has 0 aromatic rings. The summed E-state index contributed by atoms with van der Waals surface area (Å²) >= 11 is 0. The third-order valence-electron chi connectivity index (χ3n) is 4.06. The van der Waals surface area contributed by atoms with E-state index in [1.807, 2.05) is 20.8 Å². The van der Waals surface area contributed by atoms with Crippen molar-refractivity contribution in [1.29, 1.82) is 0 Å². The Morgan fingerprint density at radius 1 is 1.12 bits per heavy atom. The monoisotopic (exact) mass is 468 g/mol. The van der Waals surface area contributed by atoms with E-state index in [0.717, 1.165) is 32.1 Å². The van der Waals surface area contributed by atoms with E-state index in [9.17, 15) is 4.79 Å². The second-order valence-corrected chi connectivity index (χ2v) is 6.62. The van der Waals surface area contributed by atoms with Crippen molar-refractivity contribution in [3.8, 4) is 0 Å². The zero-order chi connectivity index (χ0) is 17.6. The fourth-order valence-corrected chi connectivity index (χ4v) is 2.65. The van der Waals surface area contributed by atoms with E-state index in [2.05, 4.69) is 20.9 Å². The average Bonchev–Trinajstić information content (AvgIpc) is 2.58. The Hall–Kier alpha value is -0.570. The van der Waals surface area contributed by atoms with Crippen LogP contribution in [0.5, 0.6) is 0 Å². The number of carbonyl (C=O) groups excluding carboxylic acids is 1. The van der Waals surface area contributed by atoms with Gasteiger partial charge in [0.2, 0.25) is 5.91 Å². The van der Waals surface area contributed by atoms with E-state index in [4.69, 9.17) is 4.74 Å². The predicted molar refractivity (Wildman–Crippen MR) is 115 cm³/mol. The first-order valence-corrected chi connectivity index (χ1v) is 9.55. The zero-order valence-electron chi connectivity index (χ0n) is 16.1. The summed E-state index contributed by atoms with van der Waals surface area (Å²) in [6, 6.07) is 0. The van der Waals surface area contributed by atoms with Crippen LogP contribution in [0.15, 0.2) is 4.99 Å². The van der Waals surface area contributed by atoms with Crippen molar-refractivity contribution >= 4 is 35.8 Å². The highest BCUT2D eigenvalue weighted by Gasteiger charge is 2.12. The molecule has 0 atom stereocenters. The molecule has 0 spiro atoms. The minimum atomic E-state index is 0. The van der Waals surface area contributed by atoms with Crippen LogP contribution in [0, 0.1) is 5.92 Å². The molecule has 0 heterocycles. The van der Waals surface area contributed by atoms with Crippen LogP contribution in [0.4, 0.5) is 0 Å². The lowest BCUT2D eigenvalue weighted by Crippen LogP contribution is -2.42. The summed E-state index contributed by atoms with van der Waals surface area (Å²) in [6.07, 6.45) is 7.83. The Kier molecular flexibility index (Phi) is 15.3. The molecular weight excluding hydrogens is 431 g/mol. The first-order valence-electron chi connectivity index (χ1n) is 9.55. The van der Waals surface area contributed by atoms with Gasteiger partial charge in [0.05, 0.1) is 6.10 Å². The normalized spacial score (nSPS) is 15.6. The maximum absolute atomic E-state index is 11.5. The first kappa shape index (κ1) is 24.4. The van der Waals surface area contributed by atoms with Crippen molar-refractivity contribution in [2.24, 2.45) is 10.9 Å². The Morgan fingerprint density at radius 3 is 2.44 bits per heavy atom. The van der Waals surface area contributed by atoms with Crippen molar-refractivity contribution in [3.63, 3.8) is 0 Å². The SMILES string of the molecule is CCNC(=NCCCOC1CCCCC1)NCCNC(=O)C(C)C.I. The van der Waals surface area contributed by atoms with Crippen molar-refractivity contribution in [2.75, 3.05) is 32.8 Å². The highest BCUT2D eigenvalue weighted by molar-refractivity contribution is 14.0. The lowest BCUT2D eigenvalue weighted by atomic mass is 9.98. The minimum absolute atomic E-state index is 0. The maximum atomic E-state index is 11.5. The molecule has 1 aliphatic carbocycles. The van der Waals surface area contributed by atoms with Crippen LogP contribution in [0.2, 0.25) is 0 Å². The van der Waals surface area contributed by atoms with Crippen LogP contribution in [-0.2, 0) is 9.53 Å². The zero-order valence-corrected chi connectivity index (χ0v) is 18.4. The molecule has 1 fully saturated rings. The molecule has 6 nitrogen and oxygen atoms in total. The number of ether oxygens (including phenoxy) is 1. The molecule has 7 heteroatoms. The van der Waals surface area contributed by atoms with E-state index in [1.165, 1.54) is 32.1 Å². The Bertz CT molecular complexity index is 372. The standard InChI is InChI=1S/C18H36N4O2.HI/c1-4-19-18(22-13-12-20-17(23)15(2)3)21-11-8-14-24-16-9-6-5-7-10-16;/h15-16H,4-14H2,1-3H3,(H,20,23)(H2,19,21,22);1H. The van der Waals surface area contributed by atoms with Crippen LogP contribution in [0.1, 0.15) is 59.3 Å². The maximum Gasteiger partial charge on any atom is 0.222 e. The van der Waals surface area contributed by atoms with Gasteiger partial charge in [0.1, 0.15) is 0 Å². The smallest absolute Gasteiger partial charge is 0.222 e. The van der Waals surface area contributed by atoms with E-state index in [-0.39, 0.29) is 35.8 Å². The molecule has 0 aromatic carbocycles. The fourth-order valence-electron chi connectivity index (χ4n) is 2.65. The largest absolute Gasteiger partial charge is 0.378 e. The van der Waals surface area contributed by atoms with Gasteiger partial charge >= 0.3 is 0 Å². The van der Waals surface area contributed by atoms with E-state index < -0.39 is 0 Å². The van der Waals surface area contributed by atoms with Crippen LogP contribution >= 0.6 is 24.0 Å². The summed E-state index contributed by atoms with van der Waals surface area (Å²) in [7, 11) is 0. The molecule has 1 aliphatic rings. The Balaban J connectivity index is 0.00000576. The van der Waals surface area contributed by atoms with Gasteiger partial charge in [0.15, 0.2) is 5.96 Å². The second-order valence-electron chi connectivity index (χ2n) is 6.62. The quantitative estimate of drug-likeness (QED) is 0.200. The first-order chi connectivity index (χ1) is 11.6. The topological polar surface area (TPSA) is 74.8 Å². The molecule has 0 aromatic heterocycles. The van der Waals surface area contributed by atoms with Crippen LogP contribution in [0.25, 0.3) is 0 Å². The van der Waals surface area contributed by atoms with Crippen LogP contribution < -0.4 is 16.0 Å². The van der Waals surface area contributed by atoms with Gasteiger partial charge in [-0.15, -0.1) is 24.0 Å². The Labute approximate surface area is 170 Å². The molecule has 0 bridgehead atoms. The minimum Gasteiger partial charge on any atom is -0.378 e. The van der Waals surface area contributed by atoms with Gasteiger partial charge < -0.3 is 20.7 Å². The summed E-state index contributed by atoms with van der Waals surface area (Å²) < 4.78 is 5.91. The summed E-state index contributed by atoms with van der Waals surface area (Å²) in [6.45, 7) is 9.47. The molecule has 1 saturated carbocycles. The molecule has 0 radical (unpaired) electrons. The number of amides is 1. The number of hydrogen-bond acceptors (Lipinski definition) is 3. The third-order valence-corrected chi connectivity index (χ3v) is 4.06. The van der Waals surface area contributed by atoms with Crippen molar-refractivity contribution in [3.05, 3.63) is 0 Å². The van der Waals surface area contributed by atoms with E-state index >= 15 is 0 Å². The van der Waals surface area contributed by atoms with Gasteiger partial charge in [-0.05, 0) is 26.2 Å². The predicted octanol–water partition coefficient (Wildman–Crippen LogP) is 2.67. The van der Waals surface area contributed by atoms with E-state index in [1.54, 1.807) is 0 Å². The third kappa shape index (κ3) is 12.4. The van der Waals surface area contributed by atoms with Crippen molar-refractivity contribution < 1.29 is 9.53 Å². The number of carbonyl (C=O) groups is 1. The van der Waals surface area contributed by atoms with Gasteiger partial charge in [-0.25, -0.2) is 0 Å². The van der Waals surface area contributed by atoms with Gasteiger partial charge in [-0.1, -0.05) is 33.1 Å². The number of guanidine groups is 1.